The van der Waals surface area contributed by atoms with E-state index in [9.17, 15) is 20.2 Å². The molecule has 0 aliphatic carbocycles. The van der Waals surface area contributed by atoms with E-state index in [-0.39, 0.29) is 11.4 Å². The number of benzene rings is 2. The lowest BCUT2D eigenvalue weighted by molar-refractivity contribution is -0.396. The van der Waals surface area contributed by atoms with Crippen LogP contribution in [0.2, 0.25) is 0 Å². The summed E-state index contributed by atoms with van der Waals surface area (Å²) in [6.07, 6.45) is 2.00. The molecule has 116 valence electrons. The van der Waals surface area contributed by atoms with Crippen molar-refractivity contribution in [3.05, 3.63) is 68.8 Å². The molecule has 0 saturated heterocycles. The molecule has 0 heterocycles. The highest BCUT2D eigenvalue weighted by molar-refractivity contribution is 8.33. The molecule has 0 bridgehead atoms. The summed E-state index contributed by atoms with van der Waals surface area (Å²) in [6.45, 7) is 1.98. The first-order chi connectivity index (χ1) is 10.4. The molecule has 1 unspecified atom stereocenters. The Balaban J connectivity index is 2.68. The van der Waals surface area contributed by atoms with Gasteiger partial charge in [-0.3, -0.25) is 20.2 Å². The standard InChI is InChI=1S/C15H16N2O4S/c1-3-22(2,13-7-5-4-6-8-13)15-10-9-12(16(18)19)11-14(15)17(20)21/h4-11H,3H2,1-2H3. The third-order valence-electron chi connectivity index (χ3n) is 3.68. The van der Waals surface area contributed by atoms with Crippen molar-refractivity contribution >= 4 is 21.4 Å². The van der Waals surface area contributed by atoms with Crippen molar-refractivity contribution in [3.8, 4) is 0 Å². The normalized spacial score (nSPS) is 14.8. The molecule has 0 N–H and O–H groups in total. The second-order valence-corrected chi connectivity index (χ2v) is 8.52. The molecule has 0 aromatic heterocycles. The van der Waals surface area contributed by atoms with Crippen LogP contribution in [0.3, 0.4) is 0 Å². The van der Waals surface area contributed by atoms with Gasteiger partial charge in [-0.2, -0.15) is 10.0 Å². The maximum Gasteiger partial charge on any atom is 0.288 e. The summed E-state index contributed by atoms with van der Waals surface area (Å²) in [5.41, 5.74) is -0.446. The Bertz CT molecular complexity index is 721. The minimum absolute atomic E-state index is 0.183. The van der Waals surface area contributed by atoms with Gasteiger partial charge < -0.3 is 0 Å². The van der Waals surface area contributed by atoms with E-state index in [0.717, 1.165) is 16.7 Å². The van der Waals surface area contributed by atoms with Crippen molar-refractivity contribution in [1.29, 1.82) is 0 Å². The van der Waals surface area contributed by atoms with Crippen LogP contribution in [0.4, 0.5) is 11.4 Å². The Morgan fingerprint density at radius 3 is 2.14 bits per heavy atom. The number of hydrogen-bond acceptors (Lipinski definition) is 4. The van der Waals surface area contributed by atoms with E-state index in [1.54, 1.807) is 0 Å². The summed E-state index contributed by atoms with van der Waals surface area (Å²) in [4.78, 5) is 22.7. The highest BCUT2D eigenvalue weighted by Gasteiger charge is 2.30. The van der Waals surface area contributed by atoms with Gasteiger partial charge in [0.2, 0.25) is 0 Å². The van der Waals surface area contributed by atoms with E-state index in [4.69, 9.17) is 0 Å². The summed E-state index contributed by atoms with van der Waals surface area (Å²) in [6, 6.07) is 13.5. The number of non-ortho nitro benzene ring substituents is 1. The molecule has 0 spiro atoms. The summed E-state index contributed by atoms with van der Waals surface area (Å²) in [7, 11) is -1.62. The van der Waals surface area contributed by atoms with Gasteiger partial charge in [0.15, 0.2) is 0 Å². The molecule has 0 saturated carbocycles. The molecule has 6 nitrogen and oxygen atoms in total. The highest BCUT2D eigenvalue weighted by atomic mass is 32.3. The van der Waals surface area contributed by atoms with Crippen LogP contribution in [0.1, 0.15) is 6.92 Å². The van der Waals surface area contributed by atoms with Crippen molar-refractivity contribution < 1.29 is 9.85 Å². The first kappa shape index (κ1) is 16.0. The van der Waals surface area contributed by atoms with Crippen LogP contribution in [0, 0.1) is 20.2 Å². The molecular formula is C15H16N2O4S. The topological polar surface area (TPSA) is 86.3 Å². The molecule has 0 amide bonds. The van der Waals surface area contributed by atoms with Crippen LogP contribution in [0.5, 0.6) is 0 Å². The second-order valence-electron chi connectivity index (χ2n) is 4.86. The minimum atomic E-state index is -1.62. The number of hydrogen-bond donors (Lipinski definition) is 0. The van der Waals surface area contributed by atoms with E-state index in [0.29, 0.717) is 4.90 Å². The van der Waals surface area contributed by atoms with Gasteiger partial charge >= 0.3 is 0 Å². The van der Waals surface area contributed by atoms with E-state index in [2.05, 4.69) is 0 Å². The maximum absolute atomic E-state index is 11.4. The fourth-order valence-corrected chi connectivity index (χ4v) is 4.93. The van der Waals surface area contributed by atoms with Crippen LogP contribution in [-0.2, 0) is 0 Å². The Labute approximate surface area is 129 Å². The van der Waals surface area contributed by atoms with Gasteiger partial charge in [-0.25, -0.2) is 0 Å². The molecule has 22 heavy (non-hydrogen) atoms. The van der Waals surface area contributed by atoms with E-state index >= 15 is 0 Å². The van der Waals surface area contributed by atoms with E-state index < -0.39 is 19.9 Å². The molecule has 0 aliphatic rings. The lowest BCUT2D eigenvalue weighted by Gasteiger charge is -2.35. The largest absolute Gasteiger partial charge is 0.288 e. The van der Waals surface area contributed by atoms with Crippen molar-refractivity contribution in [3.63, 3.8) is 0 Å². The average Bonchev–Trinajstić information content (AvgIpc) is 2.54. The zero-order chi connectivity index (χ0) is 16.3. The Morgan fingerprint density at radius 2 is 1.64 bits per heavy atom. The average molecular weight is 320 g/mol. The zero-order valence-electron chi connectivity index (χ0n) is 12.3. The number of nitrogens with zero attached hydrogens (tertiary/aromatic N) is 2. The van der Waals surface area contributed by atoms with E-state index in [1.165, 1.54) is 12.1 Å². The maximum atomic E-state index is 11.4. The molecule has 2 rings (SSSR count). The molecule has 7 heteroatoms. The van der Waals surface area contributed by atoms with Crippen LogP contribution in [0.25, 0.3) is 0 Å². The van der Waals surface area contributed by atoms with Gasteiger partial charge in [-0.05, 0) is 35.1 Å². The fourth-order valence-electron chi connectivity index (χ4n) is 2.31. The molecule has 0 aliphatic heterocycles. The van der Waals surface area contributed by atoms with Gasteiger partial charge in [0.05, 0.1) is 20.8 Å². The first-order valence-electron chi connectivity index (χ1n) is 6.64. The smallest absolute Gasteiger partial charge is 0.258 e. The first-order valence-corrected chi connectivity index (χ1v) is 8.85. The van der Waals surface area contributed by atoms with Crippen molar-refractivity contribution in [2.24, 2.45) is 0 Å². The van der Waals surface area contributed by atoms with Gasteiger partial charge in [0.1, 0.15) is 0 Å². The van der Waals surface area contributed by atoms with Crippen molar-refractivity contribution in [2.75, 3.05) is 12.0 Å². The number of rotatable bonds is 5. The van der Waals surface area contributed by atoms with Crippen LogP contribution in [0.15, 0.2) is 58.3 Å². The lowest BCUT2D eigenvalue weighted by Crippen LogP contribution is -2.06. The van der Waals surface area contributed by atoms with Crippen molar-refractivity contribution in [2.45, 2.75) is 16.7 Å². The van der Waals surface area contributed by atoms with Crippen LogP contribution < -0.4 is 0 Å². The Hall–Kier alpha value is -2.41. The molecule has 1 atom stereocenters. The monoisotopic (exact) mass is 320 g/mol. The summed E-state index contributed by atoms with van der Waals surface area (Å²) in [5.74, 6) is 0.718. The van der Waals surface area contributed by atoms with Crippen LogP contribution >= 0.6 is 10.0 Å². The fraction of sp³-hybridized carbons (Fsp3) is 0.200. The number of nitro benzene ring substituents is 2. The molecule has 2 aromatic carbocycles. The SMILES string of the molecule is CCS(C)(c1ccccc1)c1ccc([N+](=O)[O-])cc1[N+](=O)[O-]. The summed E-state index contributed by atoms with van der Waals surface area (Å²) in [5, 5.41) is 22.3. The van der Waals surface area contributed by atoms with Crippen LogP contribution in [-0.4, -0.2) is 21.9 Å². The molecule has 2 aromatic rings. The van der Waals surface area contributed by atoms with Gasteiger partial charge in [0.25, 0.3) is 11.4 Å². The Kier molecular flexibility index (Phi) is 4.46. The minimum Gasteiger partial charge on any atom is -0.258 e. The lowest BCUT2D eigenvalue weighted by atomic mass is 10.3. The third kappa shape index (κ3) is 2.80. The predicted octanol–water partition coefficient (Wildman–Crippen LogP) is 4.38. The Morgan fingerprint density at radius 1 is 1.00 bits per heavy atom. The second kappa shape index (κ2) is 6.15. The quantitative estimate of drug-likeness (QED) is 0.604. The summed E-state index contributed by atoms with van der Waals surface area (Å²) < 4.78 is 0. The van der Waals surface area contributed by atoms with Gasteiger partial charge in [0, 0.05) is 6.07 Å². The molecular weight excluding hydrogens is 304 g/mol. The van der Waals surface area contributed by atoms with Gasteiger partial charge in [-0.1, -0.05) is 25.1 Å². The summed E-state index contributed by atoms with van der Waals surface area (Å²) >= 11 is 0. The van der Waals surface area contributed by atoms with Gasteiger partial charge in [-0.15, -0.1) is 0 Å². The third-order valence-corrected chi connectivity index (χ3v) is 7.46. The molecule has 0 fully saturated rings. The van der Waals surface area contributed by atoms with E-state index in [1.807, 2.05) is 43.5 Å². The molecule has 0 radical (unpaired) electrons. The zero-order valence-corrected chi connectivity index (χ0v) is 13.1. The number of nitro groups is 2. The highest BCUT2D eigenvalue weighted by Crippen LogP contribution is 2.62. The predicted molar refractivity (Wildman–Crippen MR) is 86.8 cm³/mol. The van der Waals surface area contributed by atoms with Crippen molar-refractivity contribution in [1.82, 2.24) is 0 Å².